The number of nitrogens with one attached hydrogen (secondary N) is 1. The highest BCUT2D eigenvalue weighted by Gasteiger charge is 2.27. The van der Waals surface area contributed by atoms with Gasteiger partial charge in [-0.3, -0.25) is 4.79 Å². The molecule has 22 heavy (non-hydrogen) atoms. The Morgan fingerprint density at radius 2 is 1.91 bits per heavy atom. The van der Waals surface area contributed by atoms with Crippen LogP contribution in [-0.4, -0.2) is 49.8 Å². The fourth-order valence-electron chi connectivity index (χ4n) is 2.28. The van der Waals surface area contributed by atoms with Gasteiger partial charge in [-0.2, -0.15) is 13.2 Å². The first kappa shape index (κ1) is 16.6. The number of anilines is 1. The predicted octanol–water partition coefficient (Wildman–Crippen LogP) is 2.45. The first-order valence-electron chi connectivity index (χ1n) is 7.20. The van der Waals surface area contributed by atoms with Crippen LogP contribution in [0.3, 0.4) is 0 Å². The first-order chi connectivity index (χ1) is 10.5. The molecular weight excluding hydrogens is 297 g/mol. The maximum atomic E-state index is 12.3. The van der Waals surface area contributed by atoms with Crippen molar-refractivity contribution in [2.24, 2.45) is 0 Å². The number of aryl methyl sites for hydroxylation is 1. The number of morpholine rings is 1. The smallest absolute Gasteiger partial charge is 0.378 e. The zero-order valence-corrected chi connectivity index (χ0v) is 12.2. The molecule has 0 bridgehead atoms. The number of carbonyl (C=O) groups is 1. The lowest BCUT2D eigenvalue weighted by Crippen LogP contribution is -2.43. The summed E-state index contributed by atoms with van der Waals surface area (Å²) in [6, 6.07) is 6.77. The quantitative estimate of drug-likeness (QED) is 0.907. The lowest BCUT2D eigenvalue weighted by Gasteiger charge is -2.27. The summed E-state index contributed by atoms with van der Waals surface area (Å²) in [5.41, 5.74) is 1.14. The molecule has 2 rings (SSSR count). The van der Waals surface area contributed by atoms with Crippen LogP contribution in [-0.2, 0) is 16.0 Å². The normalized spacial score (nSPS) is 15.7. The van der Waals surface area contributed by atoms with Gasteiger partial charge in [0.25, 0.3) is 0 Å². The van der Waals surface area contributed by atoms with Gasteiger partial charge in [-0.25, -0.2) is 0 Å². The van der Waals surface area contributed by atoms with E-state index in [1.54, 1.807) is 29.2 Å². The Labute approximate surface area is 127 Å². The third-order valence-corrected chi connectivity index (χ3v) is 3.49. The molecule has 1 N–H and O–H groups in total. The van der Waals surface area contributed by atoms with Crippen LogP contribution in [0.4, 0.5) is 18.9 Å². The van der Waals surface area contributed by atoms with E-state index in [1.807, 2.05) is 0 Å². The first-order valence-corrected chi connectivity index (χ1v) is 7.20. The molecule has 1 aliphatic heterocycles. The summed E-state index contributed by atoms with van der Waals surface area (Å²) in [5, 5.41) is 2.95. The maximum absolute atomic E-state index is 12.3. The number of rotatable bonds is 5. The van der Waals surface area contributed by atoms with E-state index in [2.05, 4.69) is 5.32 Å². The van der Waals surface area contributed by atoms with Crippen molar-refractivity contribution >= 4 is 11.6 Å². The predicted molar refractivity (Wildman–Crippen MR) is 76.7 cm³/mol. The van der Waals surface area contributed by atoms with Crippen LogP contribution >= 0.6 is 0 Å². The Balaban J connectivity index is 1.90. The van der Waals surface area contributed by atoms with E-state index in [4.69, 9.17) is 4.74 Å². The van der Waals surface area contributed by atoms with Crippen molar-refractivity contribution in [1.82, 2.24) is 4.90 Å². The van der Waals surface area contributed by atoms with Gasteiger partial charge in [0.1, 0.15) is 0 Å². The van der Waals surface area contributed by atoms with Crippen molar-refractivity contribution in [3.8, 4) is 0 Å². The minimum Gasteiger partial charge on any atom is -0.378 e. The number of carbonyl (C=O) groups excluding carboxylic acids is 1. The molecule has 0 aromatic heterocycles. The van der Waals surface area contributed by atoms with Gasteiger partial charge in [-0.05, 0) is 18.1 Å². The van der Waals surface area contributed by atoms with Crippen LogP contribution < -0.4 is 5.32 Å². The zero-order chi connectivity index (χ0) is 16.0. The van der Waals surface area contributed by atoms with E-state index in [9.17, 15) is 18.0 Å². The number of amides is 1. The minimum absolute atomic E-state index is 0.0725. The fourth-order valence-corrected chi connectivity index (χ4v) is 2.28. The summed E-state index contributed by atoms with van der Waals surface area (Å²) in [5.74, 6) is -0.0751. The Morgan fingerprint density at radius 3 is 2.59 bits per heavy atom. The Morgan fingerprint density at radius 1 is 1.23 bits per heavy atom. The van der Waals surface area contributed by atoms with Gasteiger partial charge in [0.2, 0.25) is 5.91 Å². The lowest BCUT2D eigenvalue weighted by molar-refractivity contribution is -0.134. The number of alkyl halides is 3. The number of ether oxygens (including phenoxy) is 1. The molecule has 4 nitrogen and oxygen atoms in total. The summed E-state index contributed by atoms with van der Waals surface area (Å²) in [4.78, 5) is 13.7. The van der Waals surface area contributed by atoms with Gasteiger partial charge in [0.15, 0.2) is 0 Å². The topological polar surface area (TPSA) is 41.6 Å². The van der Waals surface area contributed by atoms with Crippen LogP contribution in [0.5, 0.6) is 0 Å². The monoisotopic (exact) mass is 316 g/mol. The Bertz CT molecular complexity index is 500. The van der Waals surface area contributed by atoms with Gasteiger partial charge < -0.3 is 15.0 Å². The van der Waals surface area contributed by atoms with Crippen molar-refractivity contribution < 1.29 is 22.7 Å². The summed E-state index contributed by atoms with van der Waals surface area (Å²) in [7, 11) is 0. The average molecular weight is 316 g/mol. The van der Waals surface area contributed by atoms with Gasteiger partial charge in [0, 0.05) is 25.2 Å². The molecule has 0 spiro atoms. The molecule has 122 valence electrons. The van der Waals surface area contributed by atoms with Crippen molar-refractivity contribution in [2.75, 3.05) is 38.2 Å². The van der Waals surface area contributed by atoms with Gasteiger partial charge in [-0.15, -0.1) is 0 Å². The van der Waals surface area contributed by atoms with Crippen molar-refractivity contribution in [3.05, 3.63) is 29.8 Å². The molecule has 0 unspecified atom stereocenters. The van der Waals surface area contributed by atoms with Gasteiger partial charge in [-0.1, -0.05) is 18.2 Å². The van der Waals surface area contributed by atoms with Crippen LogP contribution in [0, 0.1) is 0 Å². The van der Waals surface area contributed by atoms with E-state index in [1.165, 1.54) is 0 Å². The van der Waals surface area contributed by atoms with Crippen molar-refractivity contribution in [3.63, 3.8) is 0 Å². The van der Waals surface area contributed by atoms with E-state index in [0.29, 0.717) is 37.6 Å². The van der Waals surface area contributed by atoms with Crippen LogP contribution in [0.25, 0.3) is 0 Å². The highest BCUT2D eigenvalue weighted by molar-refractivity contribution is 5.81. The molecule has 1 amide bonds. The van der Waals surface area contributed by atoms with Crippen molar-refractivity contribution in [1.29, 1.82) is 0 Å². The molecular formula is C15H19F3N2O2. The van der Waals surface area contributed by atoms with Gasteiger partial charge in [0.05, 0.1) is 19.8 Å². The summed E-state index contributed by atoms with van der Waals surface area (Å²) in [6.45, 7) is 2.22. The number of para-hydroxylation sites is 1. The summed E-state index contributed by atoms with van der Waals surface area (Å²) in [6.07, 6.45) is -5.15. The van der Waals surface area contributed by atoms with Crippen molar-refractivity contribution in [2.45, 2.75) is 19.0 Å². The number of benzene rings is 1. The number of hydrogen-bond acceptors (Lipinski definition) is 3. The molecule has 1 aliphatic rings. The molecule has 1 aromatic rings. The van der Waals surface area contributed by atoms with E-state index in [0.717, 1.165) is 0 Å². The van der Waals surface area contributed by atoms with E-state index >= 15 is 0 Å². The van der Waals surface area contributed by atoms with Crippen LogP contribution in [0.2, 0.25) is 0 Å². The highest BCUT2D eigenvalue weighted by atomic mass is 19.4. The summed E-state index contributed by atoms with van der Waals surface area (Å²) >= 11 is 0. The molecule has 1 aromatic carbocycles. The second kappa shape index (κ2) is 7.49. The Hall–Kier alpha value is -1.76. The lowest BCUT2D eigenvalue weighted by atomic mass is 10.1. The molecule has 0 atom stereocenters. The number of halogens is 3. The molecule has 0 radical (unpaired) electrons. The minimum atomic E-state index is -4.18. The standard InChI is InChI=1S/C15H19F3N2O2/c16-15(17,18)6-5-12-3-1-2-4-13(12)19-11-14(21)20-7-9-22-10-8-20/h1-4,19H,5-11H2. The summed E-state index contributed by atoms with van der Waals surface area (Å²) < 4.78 is 42.2. The van der Waals surface area contributed by atoms with Crippen LogP contribution in [0.15, 0.2) is 24.3 Å². The maximum Gasteiger partial charge on any atom is 0.389 e. The molecule has 1 fully saturated rings. The van der Waals surface area contributed by atoms with Gasteiger partial charge >= 0.3 is 6.18 Å². The molecule has 1 saturated heterocycles. The highest BCUT2D eigenvalue weighted by Crippen LogP contribution is 2.25. The second-order valence-electron chi connectivity index (χ2n) is 5.12. The SMILES string of the molecule is O=C(CNc1ccccc1CCC(F)(F)F)N1CCOCC1. The third kappa shape index (κ3) is 5.22. The molecule has 0 aliphatic carbocycles. The zero-order valence-electron chi connectivity index (χ0n) is 12.2. The van der Waals surface area contributed by atoms with Crippen LogP contribution in [0.1, 0.15) is 12.0 Å². The van der Waals surface area contributed by atoms with E-state index in [-0.39, 0.29) is 18.9 Å². The largest absolute Gasteiger partial charge is 0.389 e. The number of hydrogen-bond donors (Lipinski definition) is 1. The average Bonchev–Trinajstić information content (AvgIpc) is 2.51. The second-order valence-corrected chi connectivity index (χ2v) is 5.12. The fraction of sp³-hybridized carbons (Fsp3) is 0.533. The Kier molecular flexibility index (Phi) is 5.65. The molecule has 7 heteroatoms. The number of nitrogens with zero attached hydrogens (tertiary/aromatic N) is 1. The molecule has 0 saturated carbocycles. The third-order valence-electron chi connectivity index (χ3n) is 3.49. The van der Waals surface area contributed by atoms with E-state index < -0.39 is 12.6 Å². The molecule has 1 heterocycles.